The Morgan fingerprint density at radius 1 is 0.889 bits per heavy atom. The molecule has 0 unspecified atom stereocenters. The SMILES string of the molecule is [NH3+][C@@H](Cc1ccccc1)C(=O)N[C@@H](COC(=O)c1ccccc1)C(=O)N[C@H](C(=O)O)C1CCCCC1. The Hall–Kier alpha value is -3.72. The highest BCUT2D eigenvalue weighted by molar-refractivity contribution is 5.93. The Bertz CT molecular complexity index is 1020. The predicted octanol–water partition coefficient (Wildman–Crippen LogP) is 1.33. The molecule has 9 nitrogen and oxygen atoms in total. The fourth-order valence-corrected chi connectivity index (χ4v) is 4.38. The van der Waals surface area contributed by atoms with Gasteiger partial charge in [0.15, 0.2) is 6.04 Å². The molecule has 2 amide bonds. The van der Waals surface area contributed by atoms with E-state index in [1.54, 1.807) is 30.3 Å². The molecule has 2 aromatic rings. The average Bonchev–Trinajstić information content (AvgIpc) is 2.90. The molecule has 0 heterocycles. The summed E-state index contributed by atoms with van der Waals surface area (Å²) in [6, 6.07) is 14.5. The number of benzene rings is 2. The van der Waals surface area contributed by atoms with Crippen molar-refractivity contribution in [3.63, 3.8) is 0 Å². The zero-order chi connectivity index (χ0) is 25.9. The van der Waals surface area contributed by atoms with E-state index in [1.165, 1.54) is 0 Å². The van der Waals surface area contributed by atoms with E-state index in [9.17, 15) is 24.3 Å². The Morgan fingerprint density at radius 2 is 1.50 bits per heavy atom. The molecule has 0 aromatic heterocycles. The highest BCUT2D eigenvalue weighted by Gasteiger charge is 2.34. The molecule has 0 saturated heterocycles. The normalized spacial score (nSPS) is 16.2. The van der Waals surface area contributed by atoms with Crippen LogP contribution in [0.25, 0.3) is 0 Å². The molecule has 6 N–H and O–H groups in total. The monoisotopic (exact) mass is 496 g/mol. The maximum Gasteiger partial charge on any atom is 0.338 e. The van der Waals surface area contributed by atoms with Crippen LogP contribution in [-0.4, -0.2) is 53.6 Å². The first-order chi connectivity index (χ1) is 17.3. The van der Waals surface area contributed by atoms with Gasteiger partial charge in [0.1, 0.15) is 18.7 Å². The van der Waals surface area contributed by atoms with Crippen molar-refractivity contribution in [2.24, 2.45) is 5.92 Å². The van der Waals surface area contributed by atoms with Gasteiger partial charge < -0.3 is 26.2 Å². The molecule has 0 spiro atoms. The molecule has 1 saturated carbocycles. The number of esters is 1. The van der Waals surface area contributed by atoms with Gasteiger partial charge in [0.2, 0.25) is 5.91 Å². The van der Waals surface area contributed by atoms with Crippen molar-refractivity contribution in [1.82, 2.24) is 10.6 Å². The molecule has 9 heteroatoms. The van der Waals surface area contributed by atoms with Crippen LogP contribution in [0.15, 0.2) is 60.7 Å². The first kappa shape index (κ1) is 26.9. The van der Waals surface area contributed by atoms with Gasteiger partial charge in [-0.25, -0.2) is 9.59 Å². The molecule has 3 atom stereocenters. The van der Waals surface area contributed by atoms with Crippen LogP contribution in [0, 0.1) is 5.92 Å². The minimum absolute atomic E-state index is 0.193. The van der Waals surface area contributed by atoms with E-state index in [0.717, 1.165) is 24.8 Å². The summed E-state index contributed by atoms with van der Waals surface area (Å²) in [5.74, 6) is -3.18. The summed E-state index contributed by atoms with van der Waals surface area (Å²) in [5.41, 5.74) is 5.11. The number of quaternary nitrogens is 1. The fraction of sp³-hybridized carbons (Fsp3) is 0.407. The number of carbonyl (C=O) groups excluding carboxylic acids is 3. The van der Waals surface area contributed by atoms with Gasteiger partial charge in [0, 0.05) is 6.42 Å². The number of aliphatic carboxylic acids is 1. The minimum Gasteiger partial charge on any atom is -0.480 e. The summed E-state index contributed by atoms with van der Waals surface area (Å²) in [7, 11) is 0. The van der Waals surface area contributed by atoms with Crippen molar-refractivity contribution >= 4 is 23.8 Å². The molecule has 0 aliphatic heterocycles. The van der Waals surface area contributed by atoms with E-state index < -0.39 is 48.5 Å². The number of rotatable bonds is 11. The van der Waals surface area contributed by atoms with E-state index in [4.69, 9.17) is 4.74 Å². The molecule has 1 aliphatic carbocycles. The zero-order valence-electron chi connectivity index (χ0n) is 20.2. The number of carboxylic acid groups (broad SMARTS) is 1. The van der Waals surface area contributed by atoms with Gasteiger partial charge in [-0.1, -0.05) is 67.8 Å². The largest absolute Gasteiger partial charge is 0.480 e. The first-order valence-electron chi connectivity index (χ1n) is 12.3. The number of hydrogen-bond acceptors (Lipinski definition) is 5. The van der Waals surface area contributed by atoms with E-state index in [2.05, 4.69) is 16.4 Å². The third kappa shape index (κ3) is 7.91. The van der Waals surface area contributed by atoms with Crippen LogP contribution in [0.4, 0.5) is 0 Å². The second-order valence-electron chi connectivity index (χ2n) is 9.13. The van der Waals surface area contributed by atoms with Crippen LogP contribution >= 0.6 is 0 Å². The van der Waals surface area contributed by atoms with Crippen LogP contribution < -0.4 is 16.4 Å². The third-order valence-electron chi connectivity index (χ3n) is 6.40. The molecule has 36 heavy (non-hydrogen) atoms. The quantitative estimate of drug-likeness (QED) is 0.345. The fourth-order valence-electron chi connectivity index (χ4n) is 4.38. The van der Waals surface area contributed by atoms with Crippen molar-refractivity contribution in [2.75, 3.05) is 6.61 Å². The van der Waals surface area contributed by atoms with Crippen LogP contribution in [0.1, 0.15) is 48.0 Å². The van der Waals surface area contributed by atoms with Gasteiger partial charge in [-0.3, -0.25) is 9.59 Å². The predicted molar refractivity (Wildman–Crippen MR) is 132 cm³/mol. The minimum atomic E-state index is -1.27. The number of ether oxygens (including phenoxy) is 1. The van der Waals surface area contributed by atoms with Crippen LogP contribution in [0.5, 0.6) is 0 Å². The second-order valence-corrected chi connectivity index (χ2v) is 9.13. The van der Waals surface area contributed by atoms with Gasteiger partial charge >= 0.3 is 11.9 Å². The molecule has 0 bridgehead atoms. The number of carbonyl (C=O) groups is 4. The summed E-state index contributed by atoms with van der Waals surface area (Å²) in [6.07, 6.45) is 4.61. The Labute approximate surface area is 210 Å². The smallest absolute Gasteiger partial charge is 0.338 e. The molecule has 1 fully saturated rings. The van der Waals surface area contributed by atoms with Crippen LogP contribution in [-0.2, 0) is 25.5 Å². The molecular formula is C27H34N3O6+. The van der Waals surface area contributed by atoms with Crippen molar-refractivity contribution in [3.8, 4) is 0 Å². The first-order valence-corrected chi connectivity index (χ1v) is 12.3. The lowest BCUT2D eigenvalue weighted by molar-refractivity contribution is -0.403. The average molecular weight is 497 g/mol. The van der Waals surface area contributed by atoms with Crippen LogP contribution in [0.3, 0.4) is 0 Å². The highest BCUT2D eigenvalue weighted by atomic mass is 16.5. The van der Waals surface area contributed by atoms with Crippen molar-refractivity contribution in [1.29, 1.82) is 0 Å². The summed E-state index contributed by atoms with van der Waals surface area (Å²) >= 11 is 0. The number of carboxylic acids is 1. The maximum absolute atomic E-state index is 13.2. The Kier molecular flexibility index (Phi) is 10.00. The van der Waals surface area contributed by atoms with E-state index >= 15 is 0 Å². The lowest BCUT2D eigenvalue weighted by atomic mass is 9.84. The van der Waals surface area contributed by atoms with E-state index in [1.807, 2.05) is 30.3 Å². The number of amides is 2. The lowest BCUT2D eigenvalue weighted by Gasteiger charge is -2.29. The second kappa shape index (κ2) is 13.4. The van der Waals surface area contributed by atoms with Gasteiger partial charge in [-0.15, -0.1) is 0 Å². The highest BCUT2D eigenvalue weighted by Crippen LogP contribution is 2.26. The van der Waals surface area contributed by atoms with E-state index in [0.29, 0.717) is 24.8 Å². The molecule has 1 aliphatic rings. The Balaban J connectivity index is 1.70. The topological polar surface area (TPSA) is 149 Å². The van der Waals surface area contributed by atoms with Gasteiger partial charge in [0.25, 0.3) is 5.91 Å². The van der Waals surface area contributed by atoms with Crippen molar-refractivity contribution in [3.05, 3.63) is 71.8 Å². The molecular weight excluding hydrogens is 462 g/mol. The number of hydrogen-bond donors (Lipinski definition) is 4. The summed E-state index contributed by atoms with van der Waals surface area (Å²) in [4.78, 5) is 50.4. The summed E-state index contributed by atoms with van der Waals surface area (Å²) in [5, 5.41) is 14.9. The zero-order valence-corrected chi connectivity index (χ0v) is 20.2. The lowest BCUT2D eigenvalue weighted by Crippen LogP contribution is -2.70. The third-order valence-corrected chi connectivity index (χ3v) is 6.40. The van der Waals surface area contributed by atoms with Crippen LogP contribution in [0.2, 0.25) is 0 Å². The van der Waals surface area contributed by atoms with Gasteiger partial charge in [0.05, 0.1) is 5.56 Å². The molecule has 3 rings (SSSR count). The van der Waals surface area contributed by atoms with E-state index in [-0.39, 0.29) is 5.92 Å². The Morgan fingerprint density at radius 3 is 2.11 bits per heavy atom. The standard InChI is InChI=1S/C27H33N3O6/c28-21(16-18-10-4-1-5-11-18)24(31)29-22(17-36-27(35)20-14-8-3-9-15-20)25(32)30-23(26(33)34)19-12-6-2-7-13-19/h1,3-5,8-11,14-15,19,21-23H,2,6-7,12-13,16-17,28H2,(H,29,31)(H,30,32)(H,33,34)/p+1/t21-,22-,23-/m0/s1. The van der Waals surface area contributed by atoms with Crippen molar-refractivity contribution in [2.45, 2.75) is 56.7 Å². The summed E-state index contributed by atoms with van der Waals surface area (Å²) < 4.78 is 5.32. The molecule has 2 aromatic carbocycles. The van der Waals surface area contributed by atoms with Gasteiger partial charge in [-0.2, -0.15) is 0 Å². The maximum atomic E-state index is 13.2. The van der Waals surface area contributed by atoms with Gasteiger partial charge in [-0.05, 0) is 36.5 Å². The summed E-state index contributed by atoms with van der Waals surface area (Å²) in [6.45, 7) is -0.444. The number of nitrogens with one attached hydrogen (secondary N) is 2. The molecule has 192 valence electrons. The molecule has 0 radical (unpaired) electrons. The van der Waals surface area contributed by atoms with Crippen molar-refractivity contribution < 1.29 is 34.8 Å².